The first-order chi connectivity index (χ1) is 7.68. The van der Waals surface area contributed by atoms with Gasteiger partial charge < -0.3 is 15.6 Å². The van der Waals surface area contributed by atoms with Crippen LogP contribution in [0.5, 0.6) is 0 Å². The number of hydrogen-bond acceptors (Lipinski definition) is 3. The molecule has 0 bridgehead atoms. The first-order valence-corrected chi connectivity index (χ1v) is 4.80. The van der Waals surface area contributed by atoms with Crippen LogP contribution in [0.1, 0.15) is 11.9 Å². The van der Waals surface area contributed by atoms with Crippen molar-refractivity contribution in [3.8, 4) is 0 Å². The average Bonchev–Trinajstić information content (AvgIpc) is 2.27. The van der Waals surface area contributed by atoms with Gasteiger partial charge in [0, 0.05) is 5.56 Å². The predicted molar refractivity (Wildman–Crippen MR) is 59.6 cm³/mol. The van der Waals surface area contributed by atoms with Crippen LogP contribution in [0.4, 0.5) is 4.79 Å². The summed E-state index contributed by atoms with van der Waals surface area (Å²) in [5, 5.41) is 11.5. The van der Waals surface area contributed by atoms with Gasteiger partial charge in [0.15, 0.2) is 0 Å². The Morgan fingerprint density at radius 1 is 1.19 bits per heavy atom. The van der Waals surface area contributed by atoms with Crippen molar-refractivity contribution in [1.82, 2.24) is 0 Å². The Bertz CT molecular complexity index is 519. The lowest BCUT2D eigenvalue weighted by molar-refractivity contribution is -0.0499. The topological polar surface area (TPSA) is 72.6 Å². The number of carbonyl (C=O) groups is 1. The minimum Gasteiger partial charge on any atom is -0.415 e. The zero-order valence-corrected chi connectivity index (χ0v) is 8.46. The second-order valence-corrected chi connectivity index (χ2v) is 3.36. The summed E-state index contributed by atoms with van der Waals surface area (Å²) in [4.78, 5) is 10.6. The fraction of sp³-hybridized carbons (Fsp3) is 0.0833. The van der Waals surface area contributed by atoms with Gasteiger partial charge in [0.05, 0.1) is 0 Å². The van der Waals surface area contributed by atoms with Gasteiger partial charge in [0.2, 0.25) is 6.29 Å². The molecule has 1 amide bonds. The van der Waals surface area contributed by atoms with Crippen LogP contribution in [0.25, 0.3) is 10.8 Å². The molecule has 1 unspecified atom stereocenters. The number of aliphatic hydroxyl groups excluding tert-OH is 1. The van der Waals surface area contributed by atoms with Crippen molar-refractivity contribution in [1.29, 1.82) is 0 Å². The van der Waals surface area contributed by atoms with E-state index in [9.17, 15) is 9.90 Å². The molecular formula is C12H11NO3. The molecular weight excluding hydrogens is 206 g/mol. The van der Waals surface area contributed by atoms with Gasteiger partial charge >= 0.3 is 6.09 Å². The molecule has 0 aliphatic rings. The Labute approximate surface area is 92.3 Å². The van der Waals surface area contributed by atoms with Crippen LogP contribution in [0.2, 0.25) is 0 Å². The van der Waals surface area contributed by atoms with Gasteiger partial charge in [0.25, 0.3) is 0 Å². The quantitative estimate of drug-likeness (QED) is 0.755. The summed E-state index contributed by atoms with van der Waals surface area (Å²) in [5.74, 6) is 0. The van der Waals surface area contributed by atoms with Gasteiger partial charge in [-0.15, -0.1) is 0 Å². The third-order valence-electron chi connectivity index (χ3n) is 2.32. The summed E-state index contributed by atoms with van der Waals surface area (Å²) in [5.41, 5.74) is 5.38. The standard InChI is InChI=1S/C12H11NO3/c13-12(15)16-11(14)10-7-3-5-8-4-1-2-6-9(8)10/h1-7,11,14H,(H2,13,15). The van der Waals surface area contributed by atoms with E-state index in [0.717, 1.165) is 10.8 Å². The van der Waals surface area contributed by atoms with Gasteiger partial charge in [0.1, 0.15) is 0 Å². The van der Waals surface area contributed by atoms with E-state index < -0.39 is 12.4 Å². The van der Waals surface area contributed by atoms with E-state index in [1.807, 2.05) is 30.3 Å². The highest BCUT2D eigenvalue weighted by atomic mass is 16.6. The smallest absolute Gasteiger partial charge is 0.407 e. The molecule has 4 nitrogen and oxygen atoms in total. The summed E-state index contributed by atoms with van der Waals surface area (Å²) in [7, 11) is 0. The fourth-order valence-electron chi connectivity index (χ4n) is 1.64. The third-order valence-corrected chi connectivity index (χ3v) is 2.32. The number of nitrogens with two attached hydrogens (primary N) is 1. The highest BCUT2D eigenvalue weighted by Gasteiger charge is 2.13. The van der Waals surface area contributed by atoms with E-state index in [-0.39, 0.29) is 0 Å². The number of ether oxygens (including phenoxy) is 1. The molecule has 0 fully saturated rings. The maximum atomic E-state index is 10.6. The van der Waals surface area contributed by atoms with Crippen LogP contribution in [-0.4, -0.2) is 11.2 Å². The number of benzene rings is 2. The highest BCUT2D eigenvalue weighted by Crippen LogP contribution is 2.24. The monoisotopic (exact) mass is 217 g/mol. The van der Waals surface area contributed by atoms with E-state index in [4.69, 9.17) is 5.73 Å². The molecule has 0 heterocycles. The molecule has 1 atom stereocenters. The fourth-order valence-corrected chi connectivity index (χ4v) is 1.64. The molecule has 0 saturated heterocycles. The number of hydrogen-bond donors (Lipinski definition) is 2. The van der Waals surface area contributed by atoms with Crippen molar-refractivity contribution in [3.63, 3.8) is 0 Å². The minimum absolute atomic E-state index is 0.525. The van der Waals surface area contributed by atoms with Crippen LogP contribution in [0.3, 0.4) is 0 Å². The molecule has 0 radical (unpaired) electrons. The number of primary amides is 1. The average molecular weight is 217 g/mol. The van der Waals surface area contributed by atoms with E-state index >= 15 is 0 Å². The first kappa shape index (κ1) is 10.4. The van der Waals surface area contributed by atoms with Crippen LogP contribution in [-0.2, 0) is 4.74 Å². The predicted octanol–water partition coefficient (Wildman–Crippen LogP) is 1.93. The Morgan fingerprint density at radius 2 is 1.88 bits per heavy atom. The maximum absolute atomic E-state index is 10.6. The van der Waals surface area contributed by atoms with Crippen LogP contribution in [0, 0.1) is 0 Å². The van der Waals surface area contributed by atoms with Crippen molar-refractivity contribution in [2.45, 2.75) is 6.29 Å². The molecule has 2 rings (SSSR count). The lowest BCUT2D eigenvalue weighted by atomic mass is 10.0. The van der Waals surface area contributed by atoms with Crippen LogP contribution >= 0.6 is 0 Å². The van der Waals surface area contributed by atoms with Gasteiger partial charge in [-0.25, -0.2) is 4.79 Å². The maximum Gasteiger partial charge on any atom is 0.407 e. The normalized spacial score (nSPS) is 12.3. The first-order valence-electron chi connectivity index (χ1n) is 4.80. The van der Waals surface area contributed by atoms with Gasteiger partial charge in [-0.2, -0.15) is 0 Å². The number of amides is 1. The Morgan fingerprint density at radius 3 is 2.62 bits per heavy atom. The highest BCUT2D eigenvalue weighted by molar-refractivity contribution is 5.86. The largest absolute Gasteiger partial charge is 0.415 e. The molecule has 0 saturated carbocycles. The summed E-state index contributed by atoms with van der Waals surface area (Å²) >= 11 is 0. The third kappa shape index (κ3) is 1.97. The van der Waals surface area contributed by atoms with Crippen molar-refractivity contribution >= 4 is 16.9 Å². The van der Waals surface area contributed by atoms with E-state index in [1.54, 1.807) is 12.1 Å². The van der Waals surface area contributed by atoms with Crippen LogP contribution in [0.15, 0.2) is 42.5 Å². The molecule has 82 valence electrons. The zero-order chi connectivity index (χ0) is 11.5. The number of fused-ring (bicyclic) bond motifs is 1. The van der Waals surface area contributed by atoms with E-state index in [0.29, 0.717) is 5.56 Å². The minimum atomic E-state index is -1.33. The summed E-state index contributed by atoms with van der Waals surface area (Å²) in [6.45, 7) is 0. The molecule has 0 aliphatic carbocycles. The number of carbonyl (C=O) groups excluding carboxylic acids is 1. The second kappa shape index (κ2) is 4.20. The van der Waals surface area contributed by atoms with Crippen molar-refractivity contribution in [3.05, 3.63) is 48.0 Å². The molecule has 2 aromatic carbocycles. The Hall–Kier alpha value is -2.07. The summed E-state index contributed by atoms with van der Waals surface area (Å²) < 4.78 is 4.54. The SMILES string of the molecule is NC(=O)OC(O)c1cccc2ccccc12. The van der Waals surface area contributed by atoms with Crippen molar-refractivity contribution < 1.29 is 14.6 Å². The lowest BCUT2D eigenvalue weighted by Crippen LogP contribution is -2.17. The van der Waals surface area contributed by atoms with E-state index in [2.05, 4.69) is 4.74 Å². The Kier molecular flexibility index (Phi) is 2.74. The summed E-state index contributed by atoms with van der Waals surface area (Å²) in [6.07, 6.45) is -2.33. The van der Waals surface area contributed by atoms with Gasteiger partial charge in [-0.3, -0.25) is 0 Å². The van der Waals surface area contributed by atoms with Gasteiger partial charge in [-0.1, -0.05) is 42.5 Å². The van der Waals surface area contributed by atoms with Gasteiger partial charge in [-0.05, 0) is 10.8 Å². The molecule has 2 aromatic rings. The van der Waals surface area contributed by atoms with E-state index in [1.165, 1.54) is 0 Å². The zero-order valence-electron chi connectivity index (χ0n) is 8.46. The molecule has 4 heteroatoms. The molecule has 3 N–H and O–H groups in total. The molecule has 0 spiro atoms. The summed E-state index contributed by atoms with van der Waals surface area (Å²) in [6, 6.07) is 12.9. The second-order valence-electron chi connectivity index (χ2n) is 3.36. The molecule has 16 heavy (non-hydrogen) atoms. The van der Waals surface area contributed by atoms with Crippen LogP contribution < -0.4 is 5.73 Å². The number of rotatable bonds is 2. The van der Waals surface area contributed by atoms with Crippen molar-refractivity contribution in [2.75, 3.05) is 0 Å². The lowest BCUT2D eigenvalue weighted by Gasteiger charge is -2.12. The molecule has 0 aliphatic heterocycles. The Balaban J connectivity index is 2.47. The number of aliphatic hydroxyl groups is 1. The molecule has 0 aromatic heterocycles. The van der Waals surface area contributed by atoms with Crippen molar-refractivity contribution in [2.24, 2.45) is 5.73 Å².